The molecule has 0 radical (unpaired) electrons. The Morgan fingerprint density at radius 2 is 2.17 bits per heavy atom. The van der Waals surface area contributed by atoms with Gasteiger partial charge in [-0.15, -0.1) is 0 Å². The van der Waals surface area contributed by atoms with Gasteiger partial charge in [-0.2, -0.15) is 0 Å². The van der Waals surface area contributed by atoms with Gasteiger partial charge in [-0.25, -0.2) is 0 Å². The maximum absolute atomic E-state index is 11.0. The van der Waals surface area contributed by atoms with Gasteiger partial charge in [-0.3, -0.25) is 4.79 Å². The molecule has 0 amide bonds. The summed E-state index contributed by atoms with van der Waals surface area (Å²) in [6.45, 7) is 2.09. The van der Waals surface area contributed by atoms with Crippen LogP contribution >= 0.6 is 0 Å². The molecule has 2 rings (SSSR count). The summed E-state index contributed by atoms with van der Waals surface area (Å²) >= 11 is 0. The number of rotatable bonds is 1. The lowest BCUT2D eigenvalue weighted by atomic mass is 10.1. The Kier molecular flexibility index (Phi) is 4.38. The summed E-state index contributed by atoms with van der Waals surface area (Å²) < 4.78 is 10.8. The summed E-state index contributed by atoms with van der Waals surface area (Å²) in [6, 6.07) is 9.71. The zero-order valence-corrected chi connectivity index (χ0v) is 10.4. The fourth-order valence-electron chi connectivity index (χ4n) is 1.90. The van der Waals surface area contributed by atoms with Crippen molar-refractivity contribution in [2.75, 3.05) is 6.61 Å². The summed E-state index contributed by atoms with van der Waals surface area (Å²) in [5, 5.41) is 0. The first kappa shape index (κ1) is 12.7. The molecule has 3 heteroatoms. The van der Waals surface area contributed by atoms with Crippen LogP contribution < -0.4 is 0 Å². The number of hydrogen-bond donors (Lipinski definition) is 0. The van der Waals surface area contributed by atoms with Crippen molar-refractivity contribution in [3.05, 3.63) is 35.9 Å². The van der Waals surface area contributed by atoms with Gasteiger partial charge in [0.2, 0.25) is 0 Å². The average molecular weight is 244 g/mol. The van der Waals surface area contributed by atoms with E-state index >= 15 is 0 Å². The van der Waals surface area contributed by atoms with E-state index in [0.29, 0.717) is 6.61 Å². The van der Waals surface area contributed by atoms with E-state index in [2.05, 4.69) is 11.8 Å². The molecule has 0 unspecified atom stereocenters. The second-order valence-electron chi connectivity index (χ2n) is 4.22. The van der Waals surface area contributed by atoms with Crippen LogP contribution in [0.2, 0.25) is 0 Å². The molecule has 1 aromatic carbocycles. The van der Waals surface area contributed by atoms with E-state index < -0.39 is 0 Å². The maximum atomic E-state index is 11.0. The average Bonchev–Trinajstić information content (AvgIpc) is 2.38. The summed E-state index contributed by atoms with van der Waals surface area (Å²) in [5.41, 5.74) is 0.938. The highest BCUT2D eigenvalue weighted by Gasteiger charge is 2.26. The molecule has 0 N–H and O–H groups in total. The van der Waals surface area contributed by atoms with Gasteiger partial charge in [-0.05, 0) is 25.0 Å². The Morgan fingerprint density at radius 1 is 1.39 bits per heavy atom. The third-order valence-corrected chi connectivity index (χ3v) is 2.72. The van der Waals surface area contributed by atoms with Crippen LogP contribution in [0.25, 0.3) is 0 Å². The van der Waals surface area contributed by atoms with Gasteiger partial charge in [0.05, 0.1) is 0 Å². The predicted molar refractivity (Wildman–Crippen MR) is 67.8 cm³/mol. The zero-order valence-electron chi connectivity index (χ0n) is 10.4. The topological polar surface area (TPSA) is 35.5 Å². The van der Waals surface area contributed by atoms with Gasteiger partial charge in [0.15, 0.2) is 6.10 Å². The van der Waals surface area contributed by atoms with E-state index in [1.807, 2.05) is 30.3 Å². The van der Waals surface area contributed by atoms with Crippen LogP contribution in [0.15, 0.2) is 30.3 Å². The summed E-state index contributed by atoms with van der Waals surface area (Å²) in [7, 11) is 0. The van der Waals surface area contributed by atoms with Crippen LogP contribution in [0, 0.1) is 11.8 Å². The van der Waals surface area contributed by atoms with E-state index in [0.717, 1.165) is 18.4 Å². The first-order valence-corrected chi connectivity index (χ1v) is 6.11. The zero-order chi connectivity index (χ0) is 12.8. The van der Waals surface area contributed by atoms with Gasteiger partial charge in [0.25, 0.3) is 0 Å². The van der Waals surface area contributed by atoms with Crippen LogP contribution in [0.4, 0.5) is 0 Å². The number of hydrogen-bond acceptors (Lipinski definition) is 3. The minimum Gasteiger partial charge on any atom is -0.459 e. The maximum Gasteiger partial charge on any atom is 0.303 e. The smallest absolute Gasteiger partial charge is 0.303 e. The lowest BCUT2D eigenvalue weighted by molar-refractivity contribution is -0.156. The van der Waals surface area contributed by atoms with Crippen molar-refractivity contribution >= 4 is 5.97 Å². The highest BCUT2D eigenvalue weighted by Crippen LogP contribution is 2.17. The molecule has 1 aliphatic rings. The number of ether oxygens (including phenoxy) is 2. The summed E-state index contributed by atoms with van der Waals surface area (Å²) in [4.78, 5) is 11.0. The van der Waals surface area contributed by atoms with E-state index in [4.69, 9.17) is 9.47 Å². The van der Waals surface area contributed by atoms with Crippen molar-refractivity contribution in [3.8, 4) is 11.8 Å². The molecular weight excluding hydrogens is 228 g/mol. The number of esters is 1. The highest BCUT2D eigenvalue weighted by atomic mass is 16.6. The lowest BCUT2D eigenvalue weighted by Gasteiger charge is -2.27. The first-order valence-electron chi connectivity index (χ1n) is 6.11. The first-order chi connectivity index (χ1) is 8.75. The van der Waals surface area contributed by atoms with Gasteiger partial charge >= 0.3 is 5.97 Å². The molecule has 0 aliphatic carbocycles. The minimum atomic E-state index is -0.317. The van der Waals surface area contributed by atoms with Gasteiger partial charge < -0.3 is 9.47 Å². The highest BCUT2D eigenvalue weighted by molar-refractivity contribution is 5.66. The number of carbonyl (C=O) groups is 1. The minimum absolute atomic E-state index is 0.243. The molecule has 1 aliphatic heterocycles. The number of carbonyl (C=O) groups excluding carboxylic acids is 1. The molecule has 1 saturated heterocycles. The van der Waals surface area contributed by atoms with Crippen molar-refractivity contribution < 1.29 is 14.3 Å². The molecule has 1 fully saturated rings. The molecule has 94 valence electrons. The van der Waals surface area contributed by atoms with Crippen LogP contribution in [-0.4, -0.2) is 24.8 Å². The molecule has 1 heterocycles. The van der Waals surface area contributed by atoms with Gasteiger partial charge in [-0.1, -0.05) is 30.0 Å². The van der Waals surface area contributed by atoms with Gasteiger partial charge in [0, 0.05) is 19.1 Å². The normalized spacial score (nSPS) is 22.7. The third kappa shape index (κ3) is 3.61. The van der Waals surface area contributed by atoms with E-state index in [1.165, 1.54) is 6.92 Å². The Labute approximate surface area is 107 Å². The van der Waals surface area contributed by atoms with E-state index in [9.17, 15) is 4.79 Å². The Bertz CT molecular complexity index is 456. The molecule has 1 aromatic rings. The number of benzene rings is 1. The van der Waals surface area contributed by atoms with E-state index in [-0.39, 0.29) is 18.2 Å². The lowest BCUT2D eigenvalue weighted by Crippen LogP contribution is -2.36. The monoisotopic (exact) mass is 244 g/mol. The second kappa shape index (κ2) is 6.23. The Hall–Kier alpha value is -1.79. The fourth-order valence-corrected chi connectivity index (χ4v) is 1.90. The molecule has 3 nitrogen and oxygen atoms in total. The molecular formula is C15H16O3. The van der Waals surface area contributed by atoms with Crippen LogP contribution in [0.3, 0.4) is 0 Å². The Morgan fingerprint density at radius 3 is 2.89 bits per heavy atom. The SMILES string of the molecule is CC(=O)O[C@@H]1CCCO[C@H]1C#Cc1ccccc1. The largest absolute Gasteiger partial charge is 0.459 e. The molecule has 0 saturated carbocycles. The van der Waals surface area contributed by atoms with Crippen LogP contribution in [0.1, 0.15) is 25.3 Å². The van der Waals surface area contributed by atoms with Crippen LogP contribution in [-0.2, 0) is 14.3 Å². The fraction of sp³-hybridized carbons (Fsp3) is 0.400. The van der Waals surface area contributed by atoms with Gasteiger partial charge in [0.1, 0.15) is 6.10 Å². The van der Waals surface area contributed by atoms with Crippen molar-refractivity contribution in [3.63, 3.8) is 0 Å². The standard InChI is InChI=1S/C15H16O3/c1-12(16)18-15-8-5-11-17-14(15)10-9-13-6-3-2-4-7-13/h2-4,6-7,14-15H,5,8,11H2,1H3/t14-,15+/m0/s1. The molecule has 0 spiro atoms. The van der Waals surface area contributed by atoms with Crippen molar-refractivity contribution in [1.82, 2.24) is 0 Å². The third-order valence-electron chi connectivity index (χ3n) is 2.72. The molecule has 18 heavy (non-hydrogen) atoms. The van der Waals surface area contributed by atoms with Crippen molar-refractivity contribution in [1.29, 1.82) is 0 Å². The Balaban J connectivity index is 2.06. The van der Waals surface area contributed by atoms with Crippen LogP contribution in [0.5, 0.6) is 0 Å². The molecule has 2 atom stereocenters. The van der Waals surface area contributed by atoms with Crippen molar-refractivity contribution in [2.24, 2.45) is 0 Å². The predicted octanol–water partition coefficient (Wildman–Crippen LogP) is 2.15. The molecule has 0 bridgehead atoms. The van der Waals surface area contributed by atoms with Crippen molar-refractivity contribution in [2.45, 2.75) is 32.0 Å². The second-order valence-corrected chi connectivity index (χ2v) is 4.22. The summed E-state index contributed by atoms with van der Waals surface area (Å²) in [5.74, 6) is 5.81. The van der Waals surface area contributed by atoms with E-state index in [1.54, 1.807) is 0 Å². The molecule has 0 aromatic heterocycles. The summed E-state index contributed by atoms with van der Waals surface area (Å²) in [6.07, 6.45) is 1.16. The quantitative estimate of drug-likeness (QED) is 0.561.